The Morgan fingerprint density at radius 2 is 1.62 bits per heavy atom. The lowest BCUT2D eigenvalue weighted by atomic mass is 9.93. The van der Waals surface area contributed by atoms with Crippen molar-refractivity contribution >= 4 is 8.32 Å². The fourth-order valence-corrected chi connectivity index (χ4v) is 11.5. The van der Waals surface area contributed by atoms with Gasteiger partial charge in [-0.1, -0.05) is 71.9 Å². The van der Waals surface area contributed by atoms with Crippen molar-refractivity contribution in [1.82, 2.24) is 0 Å². The van der Waals surface area contributed by atoms with Gasteiger partial charge in [0.15, 0.2) is 14.6 Å². The average Bonchev–Trinajstić information content (AvgIpc) is 3.16. The second-order valence-electron chi connectivity index (χ2n) is 9.89. The third kappa shape index (κ3) is 4.80. The van der Waals surface area contributed by atoms with Crippen LogP contribution in [0.1, 0.15) is 59.9 Å². The highest BCUT2D eigenvalue weighted by Crippen LogP contribution is 2.47. The van der Waals surface area contributed by atoms with E-state index in [1.165, 1.54) is 5.56 Å². The Hall–Kier alpha value is -0.723. The predicted molar refractivity (Wildman–Crippen MR) is 119 cm³/mol. The van der Waals surface area contributed by atoms with Crippen molar-refractivity contribution in [2.24, 2.45) is 11.8 Å². The first kappa shape index (κ1) is 23.0. The summed E-state index contributed by atoms with van der Waals surface area (Å²) in [4.78, 5) is 0. The van der Waals surface area contributed by atoms with Gasteiger partial charge in [0, 0.05) is 25.4 Å². The number of hydrogen-bond acceptors (Lipinski definition) is 4. The smallest absolute Gasteiger partial charge is 0.200 e. The standard InChI is InChI=1S/C24H40O4Si/c1-16(2)29(17(3)4,18(5)6)27-15-21-20-12-24(25)28-23(20)13-22(21)26-14-19-10-8-7-9-11-19/h7-11,16-18,20-25H,12-15H2,1-6H3/t20-,21-,22-,23+,24+/m1/s1. The van der Waals surface area contributed by atoms with E-state index >= 15 is 0 Å². The van der Waals surface area contributed by atoms with Crippen molar-refractivity contribution in [3.63, 3.8) is 0 Å². The number of rotatable bonds is 9. The maximum Gasteiger partial charge on any atom is 0.200 e. The molecule has 1 aromatic rings. The van der Waals surface area contributed by atoms with E-state index in [2.05, 4.69) is 65.8 Å². The lowest BCUT2D eigenvalue weighted by molar-refractivity contribution is -0.0998. The molecular formula is C24H40O4Si. The largest absolute Gasteiger partial charge is 0.416 e. The summed E-state index contributed by atoms with van der Waals surface area (Å²) in [6, 6.07) is 10.3. The molecule has 0 bridgehead atoms. The van der Waals surface area contributed by atoms with Crippen LogP contribution in [0.15, 0.2) is 30.3 Å². The van der Waals surface area contributed by atoms with Gasteiger partial charge in [0.2, 0.25) is 0 Å². The molecule has 2 fully saturated rings. The third-order valence-corrected chi connectivity index (χ3v) is 13.4. The normalized spacial score (nSPS) is 29.9. The van der Waals surface area contributed by atoms with E-state index in [0.717, 1.165) is 13.0 Å². The fraction of sp³-hybridized carbons (Fsp3) is 0.750. The van der Waals surface area contributed by atoms with Crippen LogP contribution in [0.25, 0.3) is 0 Å². The van der Waals surface area contributed by atoms with Gasteiger partial charge >= 0.3 is 0 Å². The van der Waals surface area contributed by atoms with Crippen LogP contribution in [0, 0.1) is 11.8 Å². The SMILES string of the molecule is CC(C)[Si](OC[C@@H]1[C@H]2C[C@@H](O)O[C@H]2C[C@H]1OCc1ccccc1)(C(C)C)C(C)C. The first-order valence-corrected chi connectivity index (χ1v) is 13.5. The van der Waals surface area contributed by atoms with Crippen molar-refractivity contribution in [2.45, 2.75) is 96.1 Å². The van der Waals surface area contributed by atoms with Crippen LogP contribution < -0.4 is 0 Å². The van der Waals surface area contributed by atoms with Crippen LogP contribution in [0.3, 0.4) is 0 Å². The van der Waals surface area contributed by atoms with Crippen LogP contribution >= 0.6 is 0 Å². The summed E-state index contributed by atoms with van der Waals surface area (Å²) in [5.41, 5.74) is 2.89. The summed E-state index contributed by atoms with van der Waals surface area (Å²) < 4.78 is 19.1. The summed E-state index contributed by atoms with van der Waals surface area (Å²) >= 11 is 0. The first-order valence-electron chi connectivity index (χ1n) is 11.4. The Labute approximate surface area is 178 Å². The van der Waals surface area contributed by atoms with Gasteiger partial charge < -0.3 is 19.0 Å². The van der Waals surface area contributed by atoms with Gasteiger partial charge in [-0.25, -0.2) is 0 Å². The van der Waals surface area contributed by atoms with Gasteiger partial charge in [-0.2, -0.15) is 0 Å². The molecule has 4 nitrogen and oxygen atoms in total. The van der Waals surface area contributed by atoms with Gasteiger partial charge in [-0.05, 0) is 28.1 Å². The lowest BCUT2D eigenvalue weighted by Gasteiger charge is -2.43. The van der Waals surface area contributed by atoms with Crippen molar-refractivity contribution in [3.8, 4) is 0 Å². The van der Waals surface area contributed by atoms with Crippen LogP contribution in [0.2, 0.25) is 16.6 Å². The molecule has 0 spiro atoms. The molecule has 1 heterocycles. The Bertz CT molecular complexity index is 611. The molecule has 1 saturated heterocycles. The number of fused-ring (bicyclic) bond motifs is 1. The number of ether oxygens (including phenoxy) is 2. The number of aliphatic hydroxyl groups excluding tert-OH is 1. The van der Waals surface area contributed by atoms with Gasteiger partial charge in [-0.15, -0.1) is 0 Å². The second kappa shape index (κ2) is 9.61. The minimum atomic E-state index is -1.93. The average molecular weight is 421 g/mol. The van der Waals surface area contributed by atoms with Gasteiger partial charge in [0.05, 0.1) is 18.8 Å². The van der Waals surface area contributed by atoms with Crippen LogP contribution in [0.4, 0.5) is 0 Å². The van der Waals surface area contributed by atoms with E-state index in [0.29, 0.717) is 35.6 Å². The van der Waals surface area contributed by atoms with E-state index in [1.807, 2.05) is 6.07 Å². The summed E-state index contributed by atoms with van der Waals surface area (Å²) in [5.74, 6) is 0.605. The molecule has 0 radical (unpaired) electrons. The van der Waals surface area contributed by atoms with Gasteiger partial charge in [0.1, 0.15) is 0 Å². The van der Waals surface area contributed by atoms with E-state index in [4.69, 9.17) is 13.9 Å². The van der Waals surface area contributed by atoms with Crippen molar-refractivity contribution < 1.29 is 19.0 Å². The molecule has 5 heteroatoms. The zero-order valence-electron chi connectivity index (χ0n) is 19.0. The van der Waals surface area contributed by atoms with Crippen LogP contribution in [-0.4, -0.2) is 38.5 Å². The minimum absolute atomic E-state index is 0.0904. The maximum absolute atomic E-state index is 10.0. The Kier molecular flexibility index (Phi) is 7.60. The molecule has 164 valence electrons. The first-order chi connectivity index (χ1) is 13.8. The highest BCUT2D eigenvalue weighted by molar-refractivity contribution is 6.77. The van der Waals surface area contributed by atoms with Crippen LogP contribution in [0.5, 0.6) is 0 Å². The number of hydrogen-bond donors (Lipinski definition) is 1. The third-order valence-electron chi connectivity index (χ3n) is 7.32. The Morgan fingerprint density at radius 3 is 2.21 bits per heavy atom. The molecule has 1 aliphatic heterocycles. The molecule has 0 unspecified atom stereocenters. The van der Waals surface area contributed by atoms with Crippen LogP contribution in [-0.2, 0) is 20.5 Å². The minimum Gasteiger partial charge on any atom is -0.416 e. The molecule has 2 aliphatic rings. The lowest BCUT2D eigenvalue weighted by Crippen LogP contribution is -2.49. The van der Waals surface area contributed by atoms with Crippen molar-refractivity contribution in [2.75, 3.05) is 6.61 Å². The quantitative estimate of drug-likeness (QED) is 0.535. The molecule has 29 heavy (non-hydrogen) atoms. The summed E-state index contributed by atoms with van der Waals surface area (Å²) in [6.07, 6.45) is 1.12. The van der Waals surface area contributed by atoms with E-state index in [1.54, 1.807) is 0 Å². The molecule has 0 aromatic heterocycles. The molecule has 0 amide bonds. The topological polar surface area (TPSA) is 47.9 Å². The molecule has 1 N–H and O–H groups in total. The fourth-order valence-electron chi connectivity index (χ4n) is 6.04. The maximum atomic E-state index is 10.0. The summed E-state index contributed by atoms with van der Waals surface area (Å²) in [5, 5.41) is 10.0. The van der Waals surface area contributed by atoms with Crippen molar-refractivity contribution in [1.29, 1.82) is 0 Å². The molecule has 1 saturated carbocycles. The van der Waals surface area contributed by atoms with Gasteiger partial charge in [-0.3, -0.25) is 0 Å². The molecule has 3 rings (SSSR count). The monoisotopic (exact) mass is 420 g/mol. The number of aliphatic hydroxyl groups is 1. The summed E-state index contributed by atoms with van der Waals surface area (Å²) in [7, 11) is -1.93. The van der Waals surface area contributed by atoms with E-state index in [9.17, 15) is 5.11 Å². The number of benzene rings is 1. The van der Waals surface area contributed by atoms with Crippen molar-refractivity contribution in [3.05, 3.63) is 35.9 Å². The molecule has 5 atom stereocenters. The van der Waals surface area contributed by atoms with Gasteiger partial charge in [0.25, 0.3) is 0 Å². The highest BCUT2D eigenvalue weighted by atomic mass is 28.4. The summed E-state index contributed by atoms with van der Waals surface area (Å²) in [6.45, 7) is 15.3. The zero-order chi connectivity index (χ0) is 21.2. The molecule has 1 aromatic carbocycles. The van der Waals surface area contributed by atoms with E-state index in [-0.39, 0.29) is 18.1 Å². The molecular weight excluding hydrogens is 380 g/mol. The Morgan fingerprint density at radius 1 is 1.00 bits per heavy atom. The van der Waals surface area contributed by atoms with E-state index < -0.39 is 14.6 Å². The Balaban J connectivity index is 1.73. The second-order valence-corrected chi connectivity index (χ2v) is 15.4. The molecule has 1 aliphatic carbocycles. The predicted octanol–water partition coefficient (Wildman–Crippen LogP) is 5.51. The zero-order valence-corrected chi connectivity index (χ0v) is 20.0. The highest BCUT2D eigenvalue weighted by Gasteiger charge is 2.52.